The van der Waals surface area contributed by atoms with E-state index >= 15 is 0 Å². The number of piperidine rings is 1. The van der Waals surface area contributed by atoms with Gasteiger partial charge in [-0.15, -0.1) is 0 Å². The van der Waals surface area contributed by atoms with Crippen molar-refractivity contribution in [2.24, 2.45) is 5.92 Å². The summed E-state index contributed by atoms with van der Waals surface area (Å²) >= 11 is 0. The zero-order chi connectivity index (χ0) is 13.1. The molecule has 0 atom stereocenters. The summed E-state index contributed by atoms with van der Waals surface area (Å²) in [4.78, 5) is 6.01. The highest BCUT2D eigenvalue weighted by atomic mass is 16.7. The van der Waals surface area contributed by atoms with Crippen molar-refractivity contribution in [1.29, 1.82) is 0 Å². The summed E-state index contributed by atoms with van der Waals surface area (Å²) in [6.45, 7) is 4.43. The van der Waals surface area contributed by atoms with Gasteiger partial charge in [0.15, 0.2) is 0 Å². The van der Waals surface area contributed by atoms with E-state index in [1.54, 1.807) is 0 Å². The molecule has 2 aliphatic carbocycles. The molecule has 2 saturated carbocycles. The number of nitrogens with zero attached hydrogens (tertiary/aromatic N) is 1. The van der Waals surface area contributed by atoms with E-state index in [2.05, 4.69) is 12.0 Å². The minimum atomic E-state index is 0.489. The van der Waals surface area contributed by atoms with Crippen LogP contribution >= 0.6 is 0 Å². The van der Waals surface area contributed by atoms with Gasteiger partial charge < -0.3 is 4.74 Å². The Kier molecular flexibility index (Phi) is 4.78. The Labute approximate surface area is 117 Å². The van der Waals surface area contributed by atoms with Crippen molar-refractivity contribution in [3.8, 4) is 0 Å². The van der Waals surface area contributed by atoms with E-state index in [1.165, 1.54) is 44.9 Å². The molecule has 3 rings (SSSR count). The predicted octanol–water partition coefficient (Wildman–Crippen LogP) is 3.53. The predicted molar refractivity (Wildman–Crippen MR) is 75.8 cm³/mol. The van der Waals surface area contributed by atoms with Gasteiger partial charge in [0.25, 0.3) is 0 Å². The number of hydrogen-bond acceptors (Lipinski definition) is 3. The Bertz CT molecular complexity index is 264. The first-order valence-corrected chi connectivity index (χ1v) is 8.37. The van der Waals surface area contributed by atoms with Gasteiger partial charge in [0.1, 0.15) is 0 Å². The van der Waals surface area contributed by atoms with E-state index < -0.39 is 0 Å². The van der Waals surface area contributed by atoms with E-state index in [0.29, 0.717) is 18.3 Å². The quantitative estimate of drug-likeness (QED) is 0.778. The molecule has 3 fully saturated rings. The van der Waals surface area contributed by atoms with Crippen LogP contribution in [0.5, 0.6) is 0 Å². The SMILES string of the molecule is CC1CC(ON2CCC(OC3CCCCC3)CC2)C1. The fraction of sp³-hybridized carbons (Fsp3) is 1.00. The maximum Gasteiger partial charge on any atom is 0.0798 e. The maximum absolute atomic E-state index is 6.26. The zero-order valence-electron chi connectivity index (χ0n) is 12.4. The third-order valence-corrected chi connectivity index (χ3v) is 4.97. The Hall–Kier alpha value is -0.120. The molecule has 0 aromatic rings. The van der Waals surface area contributed by atoms with Gasteiger partial charge in [-0.3, -0.25) is 4.84 Å². The van der Waals surface area contributed by atoms with E-state index in [-0.39, 0.29) is 0 Å². The lowest BCUT2D eigenvalue weighted by atomic mass is 9.84. The van der Waals surface area contributed by atoms with E-state index in [4.69, 9.17) is 9.57 Å². The highest BCUT2D eigenvalue weighted by Gasteiger charge is 2.30. The van der Waals surface area contributed by atoms with E-state index in [0.717, 1.165) is 31.8 Å². The average molecular weight is 267 g/mol. The monoisotopic (exact) mass is 267 g/mol. The van der Waals surface area contributed by atoms with Crippen molar-refractivity contribution in [3.63, 3.8) is 0 Å². The van der Waals surface area contributed by atoms with Gasteiger partial charge in [-0.2, -0.15) is 5.06 Å². The second-order valence-corrected chi connectivity index (χ2v) is 6.83. The Morgan fingerprint density at radius 1 is 0.789 bits per heavy atom. The molecule has 1 saturated heterocycles. The molecule has 3 heteroatoms. The highest BCUT2D eigenvalue weighted by Crippen LogP contribution is 2.31. The van der Waals surface area contributed by atoms with Crippen molar-refractivity contribution in [1.82, 2.24) is 5.06 Å². The molecule has 0 unspecified atom stereocenters. The average Bonchev–Trinajstić information content (AvgIpc) is 2.40. The molecule has 110 valence electrons. The fourth-order valence-electron chi connectivity index (χ4n) is 3.67. The minimum Gasteiger partial charge on any atom is -0.375 e. The lowest BCUT2D eigenvalue weighted by Gasteiger charge is -2.39. The lowest BCUT2D eigenvalue weighted by Crippen LogP contribution is -2.43. The van der Waals surface area contributed by atoms with Crippen LogP contribution in [0.25, 0.3) is 0 Å². The Morgan fingerprint density at radius 3 is 2.05 bits per heavy atom. The van der Waals surface area contributed by atoms with Crippen molar-refractivity contribution < 1.29 is 9.57 Å². The fourth-order valence-corrected chi connectivity index (χ4v) is 3.67. The summed E-state index contributed by atoms with van der Waals surface area (Å²) in [7, 11) is 0. The normalized spacial score (nSPS) is 35.2. The third-order valence-electron chi connectivity index (χ3n) is 4.97. The first-order valence-electron chi connectivity index (χ1n) is 8.37. The zero-order valence-corrected chi connectivity index (χ0v) is 12.4. The molecule has 3 aliphatic rings. The topological polar surface area (TPSA) is 21.7 Å². The molecule has 19 heavy (non-hydrogen) atoms. The summed E-state index contributed by atoms with van der Waals surface area (Å²) in [6, 6.07) is 0. The molecule has 0 aromatic heterocycles. The first-order chi connectivity index (χ1) is 9.29. The molecule has 1 heterocycles. The van der Waals surface area contributed by atoms with Gasteiger partial charge in [0.2, 0.25) is 0 Å². The van der Waals surface area contributed by atoms with Gasteiger partial charge in [0, 0.05) is 13.1 Å². The van der Waals surface area contributed by atoms with Gasteiger partial charge in [-0.1, -0.05) is 26.2 Å². The van der Waals surface area contributed by atoms with Crippen LogP contribution in [-0.2, 0) is 9.57 Å². The summed E-state index contributed by atoms with van der Waals surface area (Å²) in [5.41, 5.74) is 0. The summed E-state index contributed by atoms with van der Waals surface area (Å²) in [6.07, 6.45) is 13.1. The van der Waals surface area contributed by atoms with Crippen LogP contribution in [0.3, 0.4) is 0 Å². The van der Waals surface area contributed by atoms with Crippen LogP contribution in [0.4, 0.5) is 0 Å². The maximum atomic E-state index is 6.26. The van der Waals surface area contributed by atoms with Crippen molar-refractivity contribution in [2.75, 3.05) is 13.1 Å². The molecular weight excluding hydrogens is 238 g/mol. The number of rotatable bonds is 4. The molecule has 0 amide bonds. The van der Waals surface area contributed by atoms with E-state index in [9.17, 15) is 0 Å². The molecule has 3 nitrogen and oxygen atoms in total. The molecule has 1 aliphatic heterocycles. The van der Waals surface area contributed by atoms with Gasteiger partial charge in [-0.05, 0) is 44.4 Å². The molecular formula is C16H29NO2. The van der Waals surface area contributed by atoms with Crippen molar-refractivity contribution in [3.05, 3.63) is 0 Å². The summed E-state index contributed by atoms with van der Waals surface area (Å²) in [5, 5.41) is 2.19. The third kappa shape index (κ3) is 3.93. The molecule has 0 aromatic carbocycles. The van der Waals surface area contributed by atoms with Crippen LogP contribution in [0, 0.1) is 5.92 Å². The van der Waals surface area contributed by atoms with Crippen LogP contribution in [0.1, 0.15) is 64.7 Å². The summed E-state index contributed by atoms with van der Waals surface area (Å²) < 4.78 is 6.26. The minimum absolute atomic E-state index is 0.489. The highest BCUT2D eigenvalue weighted by molar-refractivity contribution is 4.78. The van der Waals surface area contributed by atoms with Gasteiger partial charge >= 0.3 is 0 Å². The van der Waals surface area contributed by atoms with Crippen LogP contribution in [0.15, 0.2) is 0 Å². The molecule has 0 N–H and O–H groups in total. The van der Waals surface area contributed by atoms with Gasteiger partial charge in [-0.25, -0.2) is 0 Å². The Morgan fingerprint density at radius 2 is 1.42 bits per heavy atom. The van der Waals surface area contributed by atoms with Crippen LogP contribution in [-0.4, -0.2) is 36.5 Å². The number of ether oxygens (including phenoxy) is 1. The Balaban J connectivity index is 1.32. The largest absolute Gasteiger partial charge is 0.375 e. The van der Waals surface area contributed by atoms with Crippen molar-refractivity contribution >= 4 is 0 Å². The standard InChI is InChI=1S/C16H29NO2/c1-13-11-16(12-13)19-17-9-7-15(8-10-17)18-14-5-3-2-4-6-14/h13-16H,2-12H2,1H3. The number of hydroxylamine groups is 2. The van der Waals surface area contributed by atoms with Crippen LogP contribution in [0.2, 0.25) is 0 Å². The first kappa shape index (κ1) is 13.8. The van der Waals surface area contributed by atoms with Crippen molar-refractivity contribution in [2.45, 2.75) is 83.0 Å². The molecule has 0 radical (unpaired) electrons. The molecule has 0 bridgehead atoms. The lowest BCUT2D eigenvalue weighted by molar-refractivity contribution is -0.242. The van der Waals surface area contributed by atoms with E-state index in [1.807, 2.05) is 0 Å². The molecule has 0 spiro atoms. The van der Waals surface area contributed by atoms with Gasteiger partial charge in [0.05, 0.1) is 18.3 Å². The van der Waals surface area contributed by atoms with Crippen LogP contribution < -0.4 is 0 Å². The summed E-state index contributed by atoms with van der Waals surface area (Å²) in [5.74, 6) is 0.872. The smallest absolute Gasteiger partial charge is 0.0798 e. The second kappa shape index (κ2) is 6.55. The number of hydrogen-bond donors (Lipinski definition) is 0. The second-order valence-electron chi connectivity index (χ2n) is 6.83.